The molecule has 0 aliphatic heterocycles. The van der Waals surface area contributed by atoms with Crippen molar-refractivity contribution in [1.82, 2.24) is 0 Å². The van der Waals surface area contributed by atoms with E-state index in [0.717, 1.165) is 38.5 Å². The fourth-order valence-corrected chi connectivity index (χ4v) is 11.3. The molecule has 0 amide bonds. The molecule has 7 heteroatoms. The zero-order valence-electron chi connectivity index (χ0n) is 25.0. The molecule has 0 heterocycles. The summed E-state index contributed by atoms with van der Waals surface area (Å²) in [5.41, 5.74) is 4.73. The van der Waals surface area contributed by atoms with Crippen molar-refractivity contribution < 1.29 is 27.2 Å². The lowest BCUT2D eigenvalue weighted by molar-refractivity contribution is -0.181. The normalized spacial score (nSPS) is 32.2. The number of hydrogen-bond donors (Lipinski definition) is 1. The molecule has 7 aliphatic rings. The molecule has 4 saturated carbocycles. The topological polar surface area (TPSA) is 89.9 Å². The lowest BCUT2D eigenvalue weighted by Crippen LogP contribution is -2.59. The van der Waals surface area contributed by atoms with Gasteiger partial charge < -0.3 is 9.47 Å². The highest BCUT2D eigenvalue weighted by Gasteiger charge is 2.60. The molecule has 6 bridgehead atoms. The summed E-state index contributed by atoms with van der Waals surface area (Å²) in [6.07, 6.45) is 6.79. The van der Waals surface area contributed by atoms with Crippen LogP contribution in [0, 0.1) is 23.2 Å². The third kappa shape index (κ3) is 4.30. The van der Waals surface area contributed by atoms with Crippen molar-refractivity contribution in [2.24, 2.45) is 23.2 Å². The van der Waals surface area contributed by atoms with Gasteiger partial charge in [-0.3, -0.25) is 9.35 Å². The lowest BCUT2D eigenvalue weighted by Gasteiger charge is -2.61. The van der Waals surface area contributed by atoms with Crippen LogP contribution in [0.4, 0.5) is 0 Å². The van der Waals surface area contributed by atoms with Crippen LogP contribution in [-0.4, -0.2) is 31.1 Å². The van der Waals surface area contributed by atoms with E-state index in [1.165, 1.54) is 34.7 Å². The highest BCUT2D eigenvalue weighted by atomic mass is 32.2. The Morgan fingerprint density at radius 2 is 1.36 bits per heavy atom. The molecule has 3 atom stereocenters. The largest absolute Gasteiger partial charge is 0.487 e. The first-order chi connectivity index (χ1) is 21.7. The molecular weight excluding hydrogens is 584 g/mol. The van der Waals surface area contributed by atoms with Crippen molar-refractivity contribution in [2.75, 3.05) is 6.61 Å². The second-order valence-electron chi connectivity index (χ2n) is 14.6. The average molecular weight is 621 g/mol. The fraction of sp³-hybridized carbons (Fsp3) is 0.395. The highest BCUT2D eigenvalue weighted by molar-refractivity contribution is 7.86. The number of ether oxygens (including phenoxy) is 2. The average Bonchev–Trinajstić information content (AvgIpc) is 3.02. The van der Waals surface area contributed by atoms with Crippen LogP contribution in [0.3, 0.4) is 0 Å². The van der Waals surface area contributed by atoms with Gasteiger partial charge in [0.05, 0.1) is 12.5 Å². The lowest BCUT2D eigenvalue weighted by atomic mass is 9.48. The molecule has 4 aromatic carbocycles. The Hall–Kier alpha value is -3.68. The molecule has 1 N–H and O–H groups in total. The smallest absolute Gasteiger partial charge is 0.309 e. The van der Waals surface area contributed by atoms with Crippen LogP contribution in [0.5, 0.6) is 5.75 Å². The van der Waals surface area contributed by atoms with E-state index in [2.05, 4.69) is 48.5 Å². The molecule has 0 spiro atoms. The summed E-state index contributed by atoms with van der Waals surface area (Å²) in [6, 6.07) is 27.5. The molecule has 4 aromatic rings. The molecule has 6 nitrogen and oxygen atoms in total. The second kappa shape index (κ2) is 9.66. The zero-order chi connectivity index (χ0) is 30.6. The monoisotopic (exact) mass is 620 g/mol. The zero-order valence-corrected chi connectivity index (χ0v) is 25.8. The third-order valence-electron chi connectivity index (χ3n) is 11.7. The van der Waals surface area contributed by atoms with E-state index in [1.54, 1.807) is 18.2 Å². The summed E-state index contributed by atoms with van der Waals surface area (Å²) in [6.45, 7) is 0.420. The van der Waals surface area contributed by atoms with Crippen molar-refractivity contribution in [1.29, 1.82) is 0 Å². The number of esters is 1. The van der Waals surface area contributed by atoms with Gasteiger partial charge in [0, 0.05) is 28.0 Å². The van der Waals surface area contributed by atoms with Crippen LogP contribution in [-0.2, 0) is 19.6 Å². The third-order valence-corrected chi connectivity index (χ3v) is 12.6. The Balaban J connectivity index is 0.985. The minimum atomic E-state index is -4.37. The maximum Gasteiger partial charge on any atom is 0.309 e. The standard InChI is InChI=1S/C38H36O6S/c39-36(32-16-31-25-7-1-5-11-29(25)35(32)30-12-6-2-8-26(30)31)43-22-37-17-23-15-24(18-37)20-38(19-23,21-37)44-33-13-14-34(45(40,41)42)28-10-4-3-9-27(28)33/h1-14,23-24,31-32,35H,15-22H2,(H,40,41,42). The summed E-state index contributed by atoms with van der Waals surface area (Å²) >= 11 is 0. The molecular formula is C38H36O6S. The van der Waals surface area contributed by atoms with Gasteiger partial charge in [-0.1, -0.05) is 72.8 Å². The summed E-state index contributed by atoms with van der Waals surface area (Å²) in [5, 5.41) is 1.13. The summed E-state index contributed by atoms with van der Waals surface area (Å²) in [4.78, 5) is 13.9. The van der Waals surface area contributed by atoms with Crippen LogP contribution >= 0.6 is 0 Å². The maximum absolute atomic E-state index is 14.0. The number of fused-ring (bicyclic) bond motifs is 2. The van der Waals surface area contributed by atoms with Crippen LogP contribution in [0.15, 0.2) is 89.8 Å². The van der Waals surface area contributed by atoms with E-state index in [9.17, 15) is 17.8 Å². The van der Waals surface area contributed by atoms with Crippen molar-refractivity contribution in [3.05, 3.63) is 107 Å². The van der Waals surface area contributed by atoms with Gasteiger partial charge in [0.25, 0.3) is 10.1 Å². The fourth-order valence-electron chi connectivity index (χ4n) is 10.6. The number of benzene rings is 4. The van der Waals surface area contributed by atoms with Crippen LogP contribution in [0.1, 0.15) is 79.0 Å². The minimum absolute atomic E-state index is 0.0277. The van der Waals surface area contributed by atoms with Gasteiger partial charge in [0.2, 0.25) is 0 Å². The maximum atomic E-state index is 14.0. The van der Waals surface area contributed by atoms with Crippen LogP contribution in [0.25, 0.3) is 10.8 Å². The summed E-state index contributed by atoms with van der Waals surface area (Å²) in [5.74, 6) is 1.65. The molecule has 7 aliphatic carbocycles. The second-order valence-corrected chi connectivity index (χ2v) is 16.0. The molecule has 3 unspecified atom stereocenters. The Bertz CT molecular complexity index is 1920. The molecule has 4 fully saturated rings. The minimum Gasteiger partial charge on any atom is -0.487 e. The van der Waals surface area contributed by atoms with Gasteiger partial charge in [-0.05, 0) is 91.2 Å². The first-order valence-corrected chi connectivity index (χ1v) is 17.7. The molecule has 45 heavy (non-hydrogen) atoms. The predicted octanol–water partition coefficient (Wildman–Crippen LogP) is 7.64. The summed E-state index contributed by atoms with van der Waals surface area (Å²) in [7, 11) is -4.37. The number of carbonyl (C=O) groups excluding carboxylic acids is 1. The number of rotatable bonds is 6. The Morgan fingerprint density at radius 3 is 2.00 bits per heavy atom. The van der Waals surface area contributed by atoms with Crippen molar-refractivity contribution >= 4 is 26.9 Å². The quantitative estimate of drug-likeness (QED) is 0.176. The van der Waals surface area contributed by atoms with Crippen molar-refractivity contribution in [3.63, 3.8) is 0 Å². The predicted molar refractivity (Wildman–Crippen MR) is 170 cm³/mol. The first-order valence-electron chi connectivity index (χ1n) is 16.2. The van der Waals surface area contributed by atoms with Gasteiger partial charge in [-0.25, -0.2) is 0 Å². The van der Waals surface area contributed by atoms with Crippen LogP contribution < -0.4 is 4.74 Å². The van der Waals surface area contributed by atoms with Gasteiger partial charge in [-0.2, -0.15) is 8.42 Å². The Labute approximate surface area is 263 Å². The number of hydrogen-bond acceptors (Lipinski definition) is 5. The van der Waals surface area contributed by atoms with Crippen molar-refractivity contribution in [3.8, 4) is 5.75 Å². The molecule has 0 aromatic heterocycles. The van der Waals surface area contributed by atoms with E-state index in [1.807, 2.05) is 12.1 Å². The summed E-state index contributed by atoms with van der Waals surface area (Å²) < 4.78 is 47.3. The SMILES string of the molecule is O=C(OCC12CC3CC(C1)CC(Oc1ccc(S(=O)(=O)O)c4ccccc14)(C3)C2)C1CC2c3ccccc3C1c1ccccc12. The van der Waals surface area contributed by atoms with Gasteiger partial charge in [0.1, 0.15) is 16.2 Å². The Kier molecular flexibility index (Phi) is 5.93. The number of carbonyl (C=O) groups is 1. The van der Waals surface area contributed by atoms with E-state index < -0.39 is 10.1 Å². The molecule has 11 rings (SSSR count). The highest BCUT2D eigenvalue weighted by Crippen LogP contribution is 2.63. The van der Waals surface area contributed by atoms with E-state index in [4.69, 9.17) is 9.47 Å². The van der Waals surface area contributed by atoms with Gasteiger partial charge in [0.15, 0.2) is 0 Å². The van der Waals surface area contributed by atoms with Gasteiger partial charge >= 0.3 is 5.97 Å². The Morgan fingerprint density at radius 1 is 0.756 bits per heavy atom. The first kappa shape index (κ1) is 27.6. The molecule has 230 valence electrons. The van der Waals surface area contributed by atoms with Crippen molar-refractivity contribution in [2.45, 2.75) is 67.3 Å². The van der Waals surface area contributed by atoms with Gasteiger partial charge in [-0.15, -0.1) is 0 Å². The van der Waals surface area contributed by atoms with E-state index >= 15 is 0 Å². The van der Waals surface area contributed by atoms with E-state index in [0.29, 0.717) is 35.0 Å². The van der Waals surface area contributed by atoms with E-state index in [-0.39, 0.29) is 39.6 Å². The molecule has 0 radical (unpaired) electrons. The molecule has 0 saturated heterocycles. The van der Waals surface area contributed by atoms with Crippen LogP contribution in [0.2, 0.25) is 0 Å².